The van der Waals surface area contributed by atoms with Crippen molar-refractivity contribution in [2.75, 3.05) is 6.54 Å². The third kappa shape index (κ3) is 3.30. The summed E-state index contributed by atoms with van der Waals surface area (Å²) in [5.74, 6) is -7.88. The molecule has 0 aromatic heterocycles. The molecule has 0 bridgehead atoms. The van der Waals surface area contributed by atoms with Crippen LogP contribution in [0.25, 0.3) is 0 Å². The molecule has 0 rings (SSSR count). The number of rotatable bonds is 4. The summed E-state index contributed by atoms with van der Waals surface area (Å²) >= 11 is 0. The molecular formula is C6H5F5N2O2. The van der Waals surface area contributed by atoms with Crippen molar-refractivity contribution in [3.8, 4) is 6.07 Å². The molecule has 0 aliphatic rings. The SMILES string of the molecule is N#CCC(C[N+](=O)[O-])C(F)(F)C(F)(F)F. The lowest BCUT2D eigenvalue weighted by Crippen LogP contribution is -2.46. The van der Waals surface area contributed by atoms with Crippen LogP contribution in [-0.4, -0.2) is 23.6 Å². The number of nitriles is 1. The quantitative estimate of drug-likeness (QED) is 0.423. The predicted octanol–water partition coefficient (Wildman–Crippen LogP) is 1.99. The fraction of sp³-hybridized carbons (Fsp3) is 0.833. The van der Waals surface area contributed by atoms with Gasteiger partial charge in [0.15, 0.2) is 0 Å². The van der Waals surface area contributed by atoms with Crippen LogP contribution in [0.4, 0.5) is 22.0 Å². The number of hydrogen-bond donors (Lipinski definition) is 0. The third-order valence-electron chi connectivity index (χ3n) is 1.60. The Labute approximate surface area is 80.4 Å². The maximum absolute atomic E-state index is 12.6. The van der Waals surface area contributed by atoms with Crippen molar-refractivity contribution in [1.82, 2.24) is 0 Å². The molecule has 0 radical (unpaired) electrons. The summed E-state index contributed by atoms with van der Waals surface area (Å²) in [7, 11) is 0. The summed E-state index contributed by atoms with van der Waals surface area (Å²) in [5, 5.41) is 17.9. The van der Waals surface area contributed by atoms with Crippen LogP contribution in [0.1, 0.15) is 6.42 Å². The molecule has 4 nitrogen and oxygen atoms in total. The molecule has 0 N–H and O–H groups in total. The highest BCUT2D eigenvalue weighted by atomic mass is 19.4. The van der Waals surface area contributed by atoms with Crippen LogP contribution in [0.15, 0.2) is 0 Å². The molecule has 0 saturated carbocycles. The maximum Gasteiger partial charge on any atom is 0.453 e. The zero-order valence-electron chi connectivity index (χ0n) is 7.09. The van der Waals surface area contributed by atoms with Crippen LogP contribution >= 0.6 is 0 Å². The zero-order chi connectivity index (χ0) is 12.3. The molecular weight excluding hydrogens is 227 g/mol. The first-order valence-corrected chi connectivity index (χ1v) is 3.56. The van der Waals surface area contributed by atoms with Gasteiger partial charge in [0.05, 0.1) is 12.5 Å². The Morgan fingerprint density at radius 1 is 1.33 bits per heavy atom. The Hall–Kier alpha value is -1.46. The first kappa shape index (κ1) is 13.5. The van der Waals surface area contributed by atoms with Gasteiger partial charge in [-0.25, -0.2) is 0 Å². The topological polar surface area (TPSA) is 66.9 Å². The number of nitro groups is 1. The van der Waals surface area contributed by atoms with Crippen LogP contribution in [0.5, 0.6) is 0 Å². The lowest BCUT2D eigenvalue weighted by molar-refractivity contribution is -0.499. The highest BCUT2D eigenvalue weighted by Crippen LogP contribution is 2.42. The van der Waals surface area contributed by atoms with Crippen molar-refractivity contribution in [1.29, 1.82) is 5.26 Å². The summed E-state index contributed by atoms with van der Waals surface area (Å²) < 4.78 is 60.4. The summed E-state index contributed by atoms with van der Waals surface area (Å²) in [6.45, 7) is -1.60. The minimum Gasteiger partial charge on any atom is -0.265 e. The molecule has 0 spiro atoms. The highest BCUT2D eigenvalue weighted by molar-refractivity contribution is 4.89. The van der Waals surface area contributed by atoms with Crippen LogP contribution < -0.4 is 0 Å². The van der Waals surface area contributed by atoms with E-state index in [2.05, 4.69) is 0 Å². The number of nitrogens with zero attached hydrogens (tertiary/aromatic N) is 2. The van der Waals surface area contributed by atoms with E-state index in [1.807, 2.05) is 0 Å². The van der Waals surface area contributed by atoms with Crippen molar-refractivity contribution in [2.45, 2.75) is 18.5 Å². The van der Waals surface area contributed by atoms with Gasteiger partial charge < -0.3 is 0 Å². The van der Waals surface area contributed by atoms with Crippen LogP contribution in [0.2, 0.25) is 0 Å². The average Bonchev–Trinajstić information content (AvgIpc) is 2.00. The summed E-state index contributed by atoms with van der Waals surface area (Å²) in [6, 6.07) is 1.07. The van der Waals surface area contributed by atoms with Gasteiger partial charge in [-0.1, -0.05) is 0 Å². The molecule has 0 aromatic carbocycles. The summed E-state index contributed by atoms with van der Waals surface area (Å²) in [6.07, 6.45) is -7.11. The second-order valence-electron chi connectivity index (χ2n) is 2.70. The maximum atomic E-state index is 12.6. The van der Waals surface area contributed by atoms with Crippen LogP contribution in [0, 0.1) is 27.4 Å². The van der Waals surface area contributed by atoms with Crippen molar-refractivity contribution in [3.05, 3.63) is 10.1 Å². The molecule has 1 unspecified atom stereocenters. The van der Waals surface area contributed by atoms with E-state index in [0.29, 0.717) is 0 Å². The van der Waals surface area contributed by atoms with Crippen molar-refractivity contribution in [3.63, 3.8) is 0 Å². The number of halogens is 5. The van der Waals surface area contributed by atoms with Crippen molar-refractivity contribution in [2.24, 2.45) is 5.92 Å². The van der Waals surface area contributed by atoms with Gasteiger partial charge in [-0.2, -0.15) is 27.2 Å². The summed E-state index contributed by atoms with van der Waals surface area (Å²) in [4.78, 5) is 8.55. The number of hydrogen-bond acceptors (Lipinski definition) is 3. The first-order valence-electron chi connectivity index (χ1n) is 3.56. The lowest BCUT2D eigenvalue weighted by Gasteiger charge is -2.24. The largest absolute Gasteiger partial charge is 0.453 e. The second kappa shape index (κ2) is 4.37. The molecule has 0 aliphatic carbocycles. The minimum atomic E-state index is -5.88. The predicted molar refractivity (Wildman–Crippen MR) is 36.6 cm³/mol. The van der Waals surface area contributed by atoms with Crippen molar-refractivity contribution < 1.29 is 26.9 Å². The fourth-order valence-electron chi connectivity index (χ4n) is 0.829. The smallest absolute Gasteiger partial charge is 0.265 e. The normalized spacial score (nSPS) is 14.4. The Balaban J connectivity index is 4.91. The van der Waals surface area contributed by atoms with Crippen molar-refractivity contribution >= 4 is 0 Å². The van der Waals surface area contributed by atoms with E-state index in [4.69, 9.17) is 5.26 Å². The average molecular weight is 232 g/mol. The van der Waals surface area contributed by atoms with Gasteiger partial charge in [0, 0.05) is 4.92 Å². The van der Waals surface area contributed by atoms with Gasteiger partial charge in [0.2, 0.25) is 6.54 Å². The Kier molecular flexibility index (Phi) is 3.95. The van der Waals surface area contributed by atoms with Gasteiger partial charge in [-0.3, -0.25) is 10.1 Å². The molecule has 0 saturated heterocycles. The summed E-state index contributed by atoms with van der Waals surface area (Å²) in [5.41, 5.74) is 0. The van der Waals surface area contributed by atoms with E-state index in [1.54, 1.807) is 0 Å². The third-order valence-corrected chi connectivity index (χ3v) is 1.60. The standard InChI is InChI=1S/C6H5F5N2O2/c7-5(8,6(9,10)11)4(1-2-12)3-13(14)15/h4H,1,3H2. The molecule has 15 heavy (non-hydrogen) atoms. The van der Waals surface area contributed by atoms with E-state index < -0.39 is 35.9 Å². The molecule has 1 atom stereocenters. The molecule has 86 valence electrons. The lowest BCUT2D eigenvalue weighted by atomic mass is 9.98. The van der Waals surface area contributed by atoms with Crippen LogP contribution in [-0.2, 0) is 0 Å². The Morgan fingerprint density at radius 3 is 2.07 bits per heavy atom. The van der Waals surface area contributed by atoms with Gasteiger partial charge >= 0.3 is 12.1 Å². The van der Waals surface area contributed by atoms with Gasteiger partial charge in [-0.05, 0) is 0 Å². The Morgan fingerprint density at radius 2 is 1.80 bits per heavy atom. The van der Waals surface area contributed by atoms with Gasteiger partial charge in [0.25, 0.3) is 0 Å². The number of alkyl halides is 5. The molecule has 9 heteroatoms. The van der Waals surface area contributed by atoms with Crippen LogP contribution in [0.3, 0.4) is 0 Å². The zero-order valence-corrected chi connectivity index (χ0v) is 7.09. The Bertz CT molecular complexity index is 282. The molecule has 0 aliphatic heterocycles. The van der Waals surface area contributed by atoms with E-state index >= 15 is 0 Å². The van der Waals surface area contributed by atoms with E-state index in [0.717, 1.165) is 6.07 Å². The van der Waals surface area contributed by atoms with E-state index in [-0.39, 0.29) is 0 Å². The van der Waals surface area contributed by atoms with Gasteiger partial charge in [-0.15, -0.1) is 0 Å². The molecule has 0 fully saturated rings. The monoisotopic (exact) mass is 232 g/mol. The van der Waals surface area contributed by atoms with E-state index in [1.165, 1.54) is 0 Å². The second-order valence-corrected chi connectivity index (χ2v) is 2.70. The minimum absolute atomic E-state index is 1.07. The highest BCUT2D eigenvalue weighted by Gasteiger charge is 2.63. The van der Waals surface area contributed by atoms with Gasteiger partial charge in [0.1, 0.15) is 5.92 Å². The van der Waals surface area contributed by atoms with E-state index in [9.17, 15) is 32.1 Å². The molecule has 0 amide bonds. The first-order chi connectivity index (χ1) is 6.63. The molecule has 0 aromatic rings. The molecule has 0 heterocycles. The fourth-order valence-corrected chi connectivity index (χ4v) is 0.829.